The van der Waals surface area contributed by atoms with E-state index < -0.39 is 0 Å². The fourth-order valence-corrected chi connectivity index (χ4v) is 7.62. The van der Waals surface area contributed by atoms with E-state index in [-0.39, 0.29) is 17.9 Å². The molecule has 0 spiro atoms. The minimum absolute atomic E-state index is 0.0479. The first-order valence-electron chi connectivity index (χ1n) is 15.0. The minimum atomic E-state index is 0.0479. The Morgan fingerprint density at radius 3 is 2.41 bits per heavy atom. The summed E-state index contributed by atoms with van der Waals surface area (Å²) < 4.78 is 5.45. The van der Waals surface area contributed by atoms with E-state index in [0.29, 0.717) is 24.3 Å². The van der Waals surface area contributed by atoms with Crippen molar-refractivity contribution in [2.24, 2.45) is 11.8 Å². The molecule has 7 nitrogen and oxygen atoms in total. The first kappa shape index (κ1) is 26.3. The molecule has 4 fully saturated rings. The largest absolute Gasteiger partial charge is 0.378 e. The molecule has 208 valence electrons. The molecule has 0 aliphatic carbocycles. The zero-order valence-electron chi connectivity index (χ0n) is 23.0. The van der Waals surface area contributed by atoms with E-state index >= 15 is 0 Å². The maximum absolute atomic E-state index is 13.7. The van der Waals surface area contributed by atoms with Gasteiger partial charge in [-0.15, -0.1) is 0 Å². The summed E-state index contributed by atoms with van der Waals surface area (Å²) in [6.45, 7) is 6.56. The third-order valence-corrected chi connectivity index (χ3v) is 9.38. The topological polar surface area (TPSA) is 65.1 Å². The van der Waals surface area contributed by atoms with E-state index in [2.05, 4.69) is 32.1 Å². The molecule has 2 amide bonds. The molecule has 6 rings (SSSR count). The van der Waals surface area contributed by atoms with Crippen LogP contribution < -0.4 is 10.2 Å². The normalized spacial score (nSPS) is 27.1. The highest BCUT2D eigenvalue weighted by molar-refractivity contribution is 5.94. The third-order valence-electron chi connectivity index (χ3n) is 9.38. The van der Waals surface area contributed by atoms with E-state index in [9.17, 15) is 9.59 Å². The smallest absolute Gasteiger partial charge is 0.254 e. The quantitative estimate of drug-likeness (QED) is 0.565. The Labute approximate surface area is 232 Å². The molecule has 2 aromatic carbocycles. The summed E-state index contributed by atoms with van der Waals surface area (Å²) in [5.41, 5.74) is 2.78. The molecule has 7 heteroatoms. The number of likely N-dealkylation sites (tertiary alicyclic amines) is 1. The van der Waals surface area contributed by atoms with Gasteiger partial charge in [0.2, 0.25) is 5.91 Å². The van der Waals surface area contributed by atoms with Gasteiger partial charge < -0.3 is 19.9 Å². The molecule has 0 aromatic heterocycles. The average molecular weight is 531 g/mol. The van der Waals surface area contributed by atoms with E-state index in [1.54, 1.807) is 0 Å². The highest BCUT2D eigenvalue weighted by Crippen LogP contribution is 2.43. The van der Waals surface area contributed by atoms with Gasteiger partial charge in [0.15, 0.2) is 0 Å². The van der Waals surface area contributed by atoms with Gasteiger partial charge in [0.05, 0.1) is 13.2 Å². The lowest BCUT2D eigenvalue weighted by Gasteiger charge is -2.57. The average Bonchev–Trinajstić information content (AvgIpc) is 2.99. The van der Waals surface area contributed by atoms with Crippen LogP contribution in [-0.2, 0) is 9.53 Å². The molecular formula is C32H42N4O3. The summed E-state index contributed by atoms with van der Waals surface area (Å²) in [6.07, 6.45) is 6.98. The summed E-state index contributed by atoms with van der Waals surface area (Å²) in [6, 6.07) is 18.7. The van der Waals surface area contributed by atoms with Crippen LogP contribution in [-0.4, -0.2) is 79.6 Å². The van der Waals surface area contributed by atoms with Crippen LogP contribution in [0, 0.1) is 11.8 Å². The molecule has 4 aliphatic heterocycles. The molecule has 4 aliphatic rings. The molecule has 2 aromatic rings. The number of anilines is 2. The number of morpholine rings is 1. The number of carbonyl (C=O) groups is 2. The number of nitrogens with zero attached hydrogens (tertiary/aromatic N) is 3. The van der Waals surface area contributed by atoms with Gasteiger partial charge in [0.25, 0.3) is 5.91 Å². The van der Waals surface area contributed by atoms with Crippen molar-refractivity contribution in [3.05, 3.63) is 60.2 Å². The van der Waals surface area contributed by atoms with Crippen LogP contribution in [0.5, 0.6) is 0 Å². The van der Waals surface area contributed by atoms with Crippen molar-refractivity contribution in [2.45, 2.75) is 57.0 Å². The Hall–Kier alpha value is -2.90. The van der Waals surface area contributed by atoms with Crippen LogP contribution in [0.25, 0.3) is 0 Å². The highest BCUT2D eigenvalue weighted by Gasteiger charge is 2.49. The molecule has 0 bridgehead atoms. The van der Waals surface area contributed by atoms with Crippen molar-refractivity contribution in [1.29, 1.82) is 0 Å². The fourth-order valence-electron chi connectivity index (χ4n) is 7.62. The SMILES string of the molecule is O=C(CCC[C@@H]1[C@H]2CCCN3CCC[C@@H](CN1C(=O)c1ccccc1)[C@@H]23)Nc1ccc(N2CCOCC2)cc1. The monoisotopic (exact) mass is 530 g/mol. The van der Waals surface area contributed by atoms with E-state index in [1.807, 2.05) is 42.5 Å². The Balaban J connectivity index is 1.09. The molecule has 0 saturated carbocycles. The second-order valence-electron chi connectivity index (χ2n) is 11.7. The molecule has 1 N–H and O–H groups in total. The molecule has 0 unspecified atom stereocenters. The molecule has 39 heavy (non-hydrogen) atoms. The van der Waals surface area contributed by atoms with Crippen molar-refractivity contribution in [3.8, 4) is 0 Å². The zero-order chi connectivity index (χ0) is 26.6. The van der Waals surface area contributed by atoms with E-state index in [0.717, 1.165) is 56.9 Å². The van der Waals surface area contributed by atoms with Crippen LogP contribution in [0.1, 0.15) is 55.3 Å². The van der Waals surface area contributed by atoms with Crippen LogP contribution in [0.2, 0.25) is 0 Å². The summed E-state index contributed by atoms with van der Waals surface area (Å²) >= 11 is 0. The maximum Gasteiger partial charge on any atom is 0.254 e. The minimum Gasteiger partial charge on any atom is -0.378 e. The number of hydrogen-bond donors (Lipinski definition) is 1. The molecular weight excluding hydrogens is 488 g/mol. The third kappa shape index (κ3) is 5.85. The number of hydrogen-bond acceptors (Lipinski definition) is 5. The lowest BCUT2D eigenvalue weighted by atomic mass is 9.69. The first-order valence-corrected chi connectivity index (χ1v) is 15.0. The second-order valence-corrected chi connectivity index (χ2v) is 11.7. The number of carbonyl (C=O) groups excluding carboxylic acids is 2. The van der Waals surface area contributed by atoms with Gasteiger partial charge in [-0.05, 0) is 99.8 Å². The Morgan fingerprint density at radius 1 is 0.897 bits per heavy atom. The Bertz CT molecular complexity index is 1120. The Kier molecular flexibility index (Phi) is 8.16. The van der Waals surface area contributed by atoms with Crippen LogP contribution in [0.4, 0.5) is 11.4 Å². The standard InChI is InChI=1S/C32H42N4O3/c37-30(33-26-13-15-27(16-14-26)34-19-21-39-22-20-34)12-4-11-29-28-10-6-18-35-17-5-9-25(31(28)35)23-36(29)32(38)24-7-2-1-3-8-24/h1-3,7-8,13-16,25,28-29,31H,4-6,9-12,17-23H2,(H,33,37)/t25-,28+,29+,31-/m0/s1. The van der Waals surface area contributed by atoms with Gasteiger partial charge in [-0.2, -0.15) is 0 Å². The van der Waals surface area contributed by atoms with Crippen LogP contribution in [0.3, 0.4) is 0 Å². The fraction of sp³-hybridized carbons (Fsp3) is 0.562. The molecule has 4 atom stereocenters. The first-order chi connectivity index (χ1) is 19.2. The summed E-state index contributed by atoms with van der Waals surface area (Å²) in [5.74, 6) is 1.27. The lowest BCUT2D eigenvalue weighted by molar-refractivity contribution is -0.116. The highest BCUT2D eigenvalue weighted by atomic mass is 16.5. The summed E-state index contributed by atoms with van der Waals surface area (Å²) in [4.78, 5) is 33.9. The van der Waals surface area contributed by atoms with Crippen molar-refractivity contribution < 1.29 is 14.3 Å². The second kappa shape index (κ2) is 12.1. The van der Waals surface area contributed by atoms with Crippen LogP contribution >= 0.6 is 0 Å². The van der Waals surface area contributed by atoms with Gasteiger partial charge in [-0.25, -0.2) is 0 Å². The van der Waals surface area contributed by atoms with Crippen molar-refractivity contribution in [1.82, 2.24) is 9.80 Å². The van der Waals surface area contributed by atoms with Crippen molar-refractivity contribution in [2.75, 3.05) is 56.2 Å². The molecule has 4 saturated heterocycles. The summed E-state index contributed by atoms with van der Waals surface area (Å²) in [5, 5.41) is 3.09. The van der Waals surface area contributed by atoms with Gasteiger partial charge in [-0.1, -0.05) is 18.2 Å². The van der Waals surface area contributed by atoms with Crippen molar-refractivity contribution in [3.63, 3.8) is 0 Å². The van der Waals surface area contributed by atoms with Gasteiger partial charge in [0.1, 0.15) is 0 Å². The summed E-state index contributed by atoms with van der Waals surface area (Å²) in [7, 11) is 0. The van der Waals surface area contributed by atoms with Gasteiger partial charge in [0, 0.05) is 55.1 Å². The number of nitrogens with one attached hydrogen (secondary N) is 1. The number of amides is 2. The predicted molar refractivity (Wildman–Crippen MR) is 154 cm³/mol. The predicted octanol–water partition coefficient (Wildman–Crippen LogP) is 4.65. The molecule has 0 radical (unpaired) electrons. The van der Waals surface area contributed by atoms with Gasteiger partial charge in [-0.3, -0.25) is 14.5 Å². The zero-order valence-corrected chi connectivity index (χ0v) is 23.0. The van der Waals surface area contributed by atoms with E-state index in [4.69, 9.17) is 4.74 Å². The van der Waals surface area contributed by atoms with E-state index in [1.165, 1.54) is 44.5 Å². The number of benzene rings is 2. The Morgan fingerprint density at radius 2 is 1.64 bits per heavy atom. The van der Waals surface area contributed by atoms with Crippen LogP contribution in [0.15, 0.2) is 54.6 Å². The number of piperidine rings is 3. The molecule has 4 heterocycles. The maximum atomic E-state index is 13.7. The van der Waals surface area contributed by atoms with Crippen molar-refractivity contribution >= 4 is 23.2 Å². The lowest BCUT2D eigenvalue weighted by Crippen LogP contribution is -2.65. The number of rotatable bonds is 7. The van der Waals surface area contributed by atoms with Gasteiger partial charge >= 0.3 is 0 Å². The number of ether oxygens (including phenoxy) is 1.